The zero-order valence-electron chi connectivity index (χ0n) is 15.0. The standard InChI is InChI=1S/C20H17ClN6O/c1-14(15-7-9-16(10-8-15)26-13-22-12-24-26)25-18-11-23-27(20(28)19(18)21)17-5-3-2-4-6-17/h2-14,25H,1H3. The number of para-hydroxylation sites is 1. The van der Waals surface area contributed by atoms with Crippen molar-refractivity contribution in [3.8, 4) is 11.4 Å². The molecule has 0 spiro atoms. The van der Waals surface area contributed by atoms with E-state index in [1.807, 2.05) is 49.4 Å². The predicted octanol–water partition coefficient (Wildman–Crippen LogP) is 3.64. The van der Waals surface area contributed by atoms with Crippen LogP contribution in [-0.2, 0) is 0 Å². The maximum Gasteiger partial charge on any atom is 0.292 e. The van der Waals surface area contributed by atoms with Crippen molar-refractivity contribution in [1.29, 1.82) is 0 Å². The summed E-state index contributed by atoms with van der Waals surface area (Å²) in [6, 6.07) is 17.0. The fourth-order valence-electron chi connectivity index (χ4n) is 2.86. The number of aromatic nitrogens is 5. The Balaban J connectivity index is 1.55. The van der Waals surface area contributed by atoms with Crippen LogP contribution in [-0.4, -0.2) is 24.5 Å². The summed E-state index contributed by atoms with van der Waals surface area (Å²) in [5.41, 5.74) is 2.74. The molecule has 0 bridgehead atoms. The molecule has 1 unspecified atom stereocenters. The molecule has 0 saturated heterocycles. The number of benzene rings is 2. The Bertz CT molecular complexity index is 1120. The molecular formula is C20H17ClN6O. The summed E-state index contributed by atoms with van der Waals surface area (Å²) in [6.45, 7) is 1.99. The van der Waals surface area contributed by atoms with Crippen LogP contribution in [0, 0.1) is 0 Å². The first-order chi connectivity index (χ1) is 13.6. The van der Waals surface area contributed by atoms with Gasteiger partial charge in [0.1, 0.15) is 17.7 Å². The summed E-state index contributed by atoms with van der Waals surface area (Å²) in [5.74, 6) is 0. The van der Waals surface area contributed by atoms with Gasteiger partial charge in [0.25, 0.3) is 5.56 Å². The van der Waals surface area contributed by atoms with Gasteiger partial charge >= 0.3 is 0 Å². The molecule has 0 saturated carbocycles. The zero-order valence-corrected chi connectivity index (χ0v) is 15.8. The van der Waals surface area contributed by atoms with E-state index in [1.54, 1.807) is 29.3 Å². The summed E-state index contributed by atoms with van der Waals surface area (Å²) in [6.07, 6.45) is 4.70. The summed E-state index contributed by atoms with van der Waals surface area (Å²) >= 11 is 6.32. The lowest BCUT2D eigenvalue weighted by Crippen LogP contribution is -2.23. The normalized spacial score (nSPS) is 11.9. The summed E-state index contributed by atoms with van der Waals surface area (Å²) in [7, 11) is 0. The predicted molar refractivity (Wildman–Crippen MR) is 108 cm³/mol. The fourth-order valence-corrected chi connectivity index (χ4v) is 3.04. The molecule has 0 amide bonds. The Morgan fingerprint density at radius 2 is 1.75 bits per heavy atom. The molecule has 0 aliphatic carbocycles. The lowest BCUT2D eigenvalue weighted by atomic mass is 10.1. The highest BCUT2D eigenvalue weighted by Crippen LogP contribution is 2.24. The van der Waals surface area contributed by atoms with Crippen molar-refractivity contribution in [2.45, 2.75) is 13.0 Å². The number of halogens is 1. The van der Waals surface area contributed by atoms with Crippen molar-refractivity contribution in [3.05, 3.63) is 94.4 Å². The smallest absolute Gasteiger partial charge is 0.292 e. The number of hydrogen-bond acceptors (Lipinski definition) is 5. The molecule has 2 heterocycles. The van der Waals surface area contributed by atoms with Crippen LogP contribution in [0.2, 0.25) is 5.02 Å². The second-order valence-corrected chi connectivity index (χ2v) is 6.60. The van der Waals surface area contributed by atoms with Crippen LogP contribution in [0.4, 0.5) is 5.69 Å². The topological polar surface area (TPSA) is 77.6 Å². The Hall–Kier alpha value is -3.45. The van der Waals surface area contributed by atoms with Crippen molar-refractivity contribution < 1.29 is 0 Å². The molecule has 2 aromatic heterocycles. The van der Waals surface area contributed by atoms with Crippen LogP contribution in [0.15, 0.2) is 78.2 Å². The molecule has 4 aromatic rings. The Kier molecular flexibility index (Phi) is 4.90. The summed E-state index contributed by atoms with van der Waals surface area (Å²) in [5, 5.41) is 11.7. The summed E-state index contributed by atoms with van der Waals surface area (Å²) in [4.78, 5) is 16.5. The van der Waals surface area contributed by atoms with Crippen LogP contribution in [0.3, 0.4) is 0 Å². The molecule has 8 heteroatoms. The van der Waals surface area contributed by atoms with Gasteiger partial charge in [-0.3, -0.25) is 4.79 Å². The molecular weight excluding hydrogens is 376 g/mol. The van der Waals surface area contributed by atoms with Crippen LogP contribution >= 0.6 is 11.6 Å². The molecule has 2 aromatic carbocycles. The van der Waals surface area contributed by atoms with E-state index in [0.717, 1.165) is 11.3 Å². The first-order valence-electron chi connectivity index (χ1n) is 8.68. The molecule has 0 radical (unpaired) electrons. The minimum absolute atomic E-state index is 0.0731. The lowest BCUT2D eigenvalue weighted by Gasteiger charge is -2.17. The Labute approximate surface area is 166 Å². The summed E-state index contributed by atoms with van der Waals surface area (Å²) < 4.78 is 2.97. The second kappa shape index (κ2) is 7.66. The van der Waals surface area contributed by atoms with Crippen LogP contribution in [0.5, 0.6) is 0 Å². The highest BCUT2D eigenvalue weighted by atomic mass is 35.5. The first kappa shape index (κ1) is 17.9. The minimum atomic E-state index is -0.369. The van der Waals surface area contributed by atoms with Gasteiger partial charge in [-0.15, -0.1) is 0 Å². The molecule has 28 heavy (non-hydrogen) atoms. The lowest BCUT2D eigenvalue weighted by molar-refractivity contribution is 0.799. The molecule has 0 aliphatic rings. The van der Waals surface area contributed by atoms with E-state index < -0.39 is 0 Å². The van der Waals surface area contributed by atoms with Crippen molar-refractivity contribution in [1.82, 2.24) is 24.5 Å². The molecule has 1 N–H and O–H groups in total. The Morgan fingerprint density at radius 1 is 1.00 bits per heavy atom. The number of anilines is 1. The van der Waals surface area contributed by atoms with Crippen LogP contribution in [0.25, 0.3) is 11.4 Å². The average Bonchev–Trinajstić information content (AvgIpc) is 3.27. The Morgan fingerprint density at radius 3 is 2.43 bits per heavy atom. The molecule has 7 nitrogen and oxygen atoms in total. The molecule has 0 fully saturated rings. The van der Waals surface area contributed by atoms with Gasteiger partial charge in [0.2, 0.25) is 0 Å². The van der Waals surface area contributed by atoms with Gasteiger partial charge in [-0.1, -0.05) is 41.9 Å². The largest absolute Gasteiger partial charge is 0.376 e. The van der Waals surface area contributed by atoms with Gasteiger partial charge in [0.05, 0.1) is 23.3 Å². The monoisotopic (exact) mass is 392 g/mol. The van der Waals surface area contributed by atoms with Gasteiger partial charge in [0, 0.05) is 6.04 Å². The van der Waals surface area contributed by atoms with E-state index in [0.29, 0.717) is 11.4 Å². The third-order valence-electron chi connectivity index (χ3n) is 4.37. The van der Waals surface area contributed by atoms with E-state index in [9.17, 15) is 4.79 Å². The third-order valence-corrected chi connectivity index (χ3v) is 4.73. The van der Waals surface area contributed by atoms with Gasteiger partial charge in [-0.05, 0) is 36.8 Å². The molecule has 1 atom stereocenters. The quantitative estimate of drug-likeness (QED) is 0.561. The number of rotatable bonds is 5. The van der Waals surface area contributed by atoms with Gasteiger partial charge in [-0.25, -0.2) is 9.67 Å². The highest BCUT2D eigenvalue weighted by Gasteiger charge is 2.13. The number of hydrogen-bond donors (Lipinski definition) is 1. The van der Waals surface area contributed by atoms with Crippen LogP contribution < -0.4 is 10.9 Å². The van der Waals surface area contributed by atoms with Gasteiger partial charge < -0.3 is 5.32 Å². The molecule has 0 aliphatic heterocycles. The van der Waals surface area contributed by atoms with Crippen molar-refractivity contribution in [2.75, 3.05) is 5.32 Å². The molecule has 4 rings (SSSR count). The zero-order chi connectivity index (χ0) is 19.5. The second-order valence-electron chi connectivity index (χ2n) is 6.22. The maximum absolute atomic E-state index is 12.6. The van der Waals surface area contributed by atoms with Crippen molar-refractivity contribution >= 4 is 17.3 Å². The van der Waals surface area contributed by atoms with E-state index >= 15 is 0 Å². The van der Waals surface area contributed by atoms with E-state index in [2.05, 4.69) is 20.5 Å². The SMILES string of the molecule is CC(Nc1cnn(-c2ccccc2)c(=O)c1Cl)c1ccc(-n2cncn2)cc1. The van der Waals surface area contributed by atoms with Crippen LogP contribution in [0.1, 0.15) is 18.5 Å². The van der Waals surface area contributed by atoms with Crippen molar-refractivity contribution in [2.24, 2.45) is 0 Å². The first-order valence-corrected chi connectivity index (χ1v) is 9.06. The molecule has 140 valence electrons. The maximum atomic E-state index is 12.6. The third kappa shape index (κ3) is 3.52. The van der Waals surface area contributed by atoms with E-state index in [4.69, 9.17) is 11.6 Å². The van der Waals surface area contributed by atoms with Gasteiger partial charge in [-0.2, -0.15) is 14.9 Å². The number of nitrogens with one attached hydrogen (secondary N) is 1. The number of nitrogens with zero attached hydrogens (tertiary/aromatic N) is 5. The minimum Gasteiger partial charge on any atom is -0.376 e. The van der Waals surface area contributed by atoms with E-state index in [1.165, 1.54) is 11.0 Å². The van der Waals surface area contributed by atoms with Crippen molar-refractivity contribution in [3.63, 3.8) is 0 Å². The van der Waals surface area contributed by atoms with E-state index in [-0.39, 0.29) is 16.6 Å². The average molecular weight is 393 g/mol. The fraction of sp³-hybridized carbons (Fsp3) is 0.100. The highest BCUT2D eigenvalue weighted by molar-refractivity contribution is 6.33. The van der Waals surface area contributed by atoms with Gasteiger partial charge in [0.15, 0.2) is 0 Å².